The van der Waals surface area contributed by atoms with Crippen molar-refractivity contribution in [1.29, 1.82) is 0 Å². The Hall–Kier alpha value is -1.36. The molecule has 0 aliphatic rings. The quantitative estimate of drug-likeness (QED) is 0.768. The average molecular weight is 270 g/mol. The van der Waals surface area contributed by atoms with Crippen molar-refractivity contribution in [2.24, 2.45) is 5.92 Å². The summed E-state index contributed by atoms with van der Waals surface area (Å²) in [6, 6.07) is 7.11. The summed E-state index contributed by atoms with van der Waals surface area (Å²) in [5, 5.41) is -0.339. The standard InChI is InChI=1S/C13H18O4S/c1-9(13(14)17-4)10(2)18(15)12-8-6-5-7-11(12)16-3/h5-10H,1-4H3. The van der Waals surface area contributed by atoms with E-state index in [9.17, 15) is 9.00 Å². The normalized spacial score (nSPS) is 15.6. The van der Waals surface area contributed by atoms with E-state index in [0.717, 1.165) is 0 Å². The third kappa shape index (κ3) is 3.10. The summed E-state index contributed by atoms with van der Waals surface area (Å²) in [5.41, 5.74) is 0. The molecule has 1 aromatic rings. The molecule has 0 spiro atoms. The van der Waals surface area contributed by atoms with E-state index in [4.69, 9.17) is 4.74 Å². The molecule has 100 valence electrons. The molecule has 0 radical (unpaired) electrons. The Balaban J connectivity index is 2.96. The lowest BCUT2D eigenvalue weighted by Crippen LogP contribution is -2.28. The number of rotatable bonds is 5. The SMILES string of the molecule is COC(=O)C(C)C(C)S(=O)c1ccccc1OC. The van der Waals surface area contributed by atoms with Gasteiger partial charge in [-0.2, -0.15) is 0 Å². The van der Waals surface area contributed by atoms with Crippen molar-refractivity contribution in [2.75, 3.05) is 14.2 Å². The van der Waals surface area contributed by atoms with Gasteiger partial charge in [0.2, 0.25) is 0 Å². The van der Waals surface area contributed by atoms with Crippen LogP contribution in [-0.2, 0) is 20.3 Å². The van der Waals surface area contributed by atoms with Gasteiger partial charge in [0, 0.05) is 5.25 Å². The monoisotopic (exact) mass is 270 g/mol. The zero-order chi connectivity index (χ0) is 13.7. The maximum atomic E-state index is 12.4. The fraction of sp³-hybridized carbons (Fsp3) is 0.462. The highest BCUT2D eigenvalue weighted by Crippen LogP contribution is 2.26. The molecule has 0 aromatic heterocycles. The zero-order valence-electron chi connectivity index (χ0n) is 11.0. The number of carbonyl (C=O) groups excluding carboxylic acids is 1. The maximum absolute atomic E-state index is 12.4. The lowest BCUT2D eigenvalue weighted by molar-refractivity contribution is -0.144. The van der Waals surface area contributed by atoms with E-state index in [2.05, 4.69) is 4.74 Å². The zero-order valence-corrected chi connectivity index (χ0v) is 11.8. The Morgan fingerprint density at radius 3 is 2.39 bits per heavy atom. The number of esters is 1. The second-order valence-corrected chi connectivity index (χ2v) is 5.74. The molecule has 5 heteroatoms. The first-order valence-electron chi connectivity index (χ1n) is 5.64. The van der Waals surface area contributed by atoms with E-state index in [0.29, 0.717) is 10.6 Å². The lowest BCUT2D eigenvalue weighted by Gasteiger charge is -2.18. The van der Waals surface area contributed by atoms with Gasteiger partial charge in [-0.1, -0.05) is 19.1 Å². The Bertz CT molecular complexity index is 444. The van der Waals surface area contributed by atoms with Gasteiger partial charge in [0.1, 0.15) is 5.75 Å². The fourth-order valence-electron chi connectivity index (χ4n) is 1.55. The van der Waals surface area contributed by atoms with Crippen LogP contribution in [0.4, 0.5) is 0 Å². The Morgan fingerprint density at radius 1 is 1.22 bits per heavy atom. The molecule has 0 saturated carbocycles. The topological polar surface area (TPSA) is 52.6 Å². The number of ether oxygens (including phenoxy) is 2. The van der Waals surface area contributed by atoms with Crippen molar-refractivity contribution in [3.63, 3.8) is 0 Å². The number of hydrogen-bond acceptors (Lipinski definition) is 4. The van der Waals surface area contributed by atoms with Crippen LogP contribution < -0.4 is 4.74 Å². The Labute approximate surface area is 110 Å². The van der Waals surface area contributed by atoms with Crippen molar-refractivity contribution in [3.05, 3.63) is 24.3 Å². The van der Waals surface area contributed by atoms with Gasteiger partial charge < -0.3 is 9.47 Å². The first-order valence-corrected chi connectivity index (χ1v) is 6.85. The second-order valence-electron chi connectivity index (χ2n) is 3.97. The molecule has 0 saturated heterocycles. The van der Waals surface area contributed by atoms with Gasteiger partial charge in [-0.05, 0) is 19.1 Å². The molecule has 0 amide bonds. The van der Waals surface area contributed by atoms with Crippen LogP contribution in [-0.4, -0.2) is 29.6 Å². The van der Waals surface area contributed by atoms with Gasteiger partial charge >= 0.3 is 5.97 Å². The van der Waals surface area contributed by atoms with Gasteiger partial charge in [-0.3, -0.25) is 9.00 Å². The summed E-state index contributed by atoms with van der Waals surface area (Å²) in [7, 11) is 1.55. The van der Waals surface area contributed by atoms with Crippen LogP contribution in [0.25, 0.3) is 0 Å². The fourth-order valence-corrected chi connectivity index (χ4v) is 2.99. The lowest BCUT2D eigenvalue weighted by atomic mass is 10.1. The Kier molecular flexibility index (Phi) is 5.34. The number of para-hydroxylation sites is 1. The Morgan fingerprint density at radius 2 is 1.83 bits per heavy atom. The molecule has 4 nitrogen and oxygen atoms in total. The molecule has 1 aromatic carbocycles. The minimum Gasteiger partial charge on any atom is -0.495 e. The number of hydrogen-bond donors (Lipinski definition) is 0. The minimum absolute atomic E-state index is 0.339. The van der Waals surface area contributed by atoms with Gasteiger partial charge in [0.25, 0.3) is 0 Å². The number of benzene rings is 1. The van der Waals surface area contributed by atoms with Gasteiger partial charge in [0.15, 0.2) is 0 Å². The van der Waals surface area contributed by atoms with Crippen molar-refractivity contribution in [2.45, 2.75) is 24.0 Å². The van der Waals surface area contributed by atoms with Crippen LogP contribution >= 0.6 is 0 Å². The molecule has 0 aliphatic heterocycles. The molecule has 0 N–H and O–H groups in total. The molecule has 0 fully saturated rings. The summed E-state index contributed by atoms with van der Waals surface area (Å²) in [6.45, 7) is 3.48. The predicted octanol–water partition coefficient (Wildman–Crippen LogP) is 2.00. The van der Waals surface area contributed by atoms with E-state index in [-0.39, 0.29) is 11.2 Å². The van der Waals surface area contributed by atoms with Crippen LogP contribution in [0.15, 0.2) is 29.2 Å². The van der Waals surface area contributed by atoms with Crippen molar-refractivity contribution in [1.82, 2.24) is 0 Å². The van der Waals surface area contributed by atoms with Gasteiger partial charge in [0.05, 0.1) is 35.8 Å². The highest BCUT2D eigenvalue weighted by molar-refractivity contribution is 7.85. The average Bonchev–Trinajstić information content (AvgIpc) is 2.43. The molecule has 0 bridgehead atoms. The summed E-state index contributed by atoms with van der Waals surface area (Å²) in [5.74, 6) is -0.216. The molecular formula is C13H18O4S. The largest absolute Gasteiger partial charge is 0.495 e. The van der Waals surface area contributed by atoms with E-state index < -0.39 is 16.7 Å². The van der Waals surface area contributed by atoms with Crippen LogP contribution in [0.1, 0.15) is 13.8 Å². The summed E-state index contributed by atoms with van der Waals surface area (Å²) < 4.78 is 22.3. The third-order valence-corrected chi connectivity index (χ3v) is 4.75. The first-order chi connectivity index (χ1) is 8.52. The van der Waals surface area contributed by atoms with Gasteiger partial charge in [-0.25, -0.2) is 0 Å². The number of carbonyl (C=O) groups is 1. The van der Waals surface area contributed by atoms with Crippen molar-refractivity contribution >= 4 is 16.8 Å². The van der Waals surface area contributed by atoms with Crippen LogP contribution in [0.3, 0.4) is 0 Å². The highest BCUT2D eigenvalue weighted by atomic mass is 32.2. The molecule has 18 heavy (non-hydrogen) atoms. The van der Waals surface area contributed by atoms with Crippen LogP contribution in [0.2, 0.25) is 0 Å². The third-order valence-electron chi connectivity index (χ3n) is 2.90. The molecule has 3 unspecified atom stereocenters. The van der Waals surface area contributed by atoms with E-state index >= 15 is 0 Å². The second kappa shape index (κ2) is 6.54. The molecular weight excluding hydrogens is 252 g/mol. The van der Waals surface area contributed by atoms with E-state index in [1.54, 1.807) is 32.0 Å². The minimum atomic E-state index is -1.32. The van der Waals surface area contributed by atoms with E-state index in [1.165, 1.54) is 14.2 Å². The summed E-state index contributed by atoms with van der Waals surface area (Å²) >= 11 is 0. The summed E-state index contributed by atoms with van der Waals surface area (Å²) in [4.78, 5) is 12.1. The maximum Gasteiger partial charge on any atom is 0.309 e. The van der Waals surface area contributed by atoms with Crippen LogP contribution in [0.5, 0.6) is 5.75 Å². The number of methoxy groups -OCH3 is 2. The molecule has 1 rings (SSSR count). The summed E-state index contributed by atoms with van der Waals surface area (Å²) in [6.07, 6.45) is 0. The molecule has 0 heterocycles. The first kappa shape index (κ1) is 14.7. The molecule has 0 aliphatic carbocycles. The highest BCUT2D eigenvalue weighted by Gasteiger charge is 2.28. The smallest absolute Gasteiger partial charge is 0.309 e. The van der Waals surface area contributed by atoms with Crippen LogP contribution in [0, 0.1) is 5.92 Å². The molecule has 3 atom stereocenters. The predicted molar refractivity (Wildman–Crippen MR) is 70.0 cm³/mol. The van der Waals surface area contributed by atoms with Crippen molar-refractivity contribution < 1.29 is 18.5 Å². The van der Waals surface area contributed by atoms with Gasteiger partial charge in [-0.15, -0.1) is 0 Å². The van der Waals surface area contributed by atoms with Crippen molar-refractivity contribution in [3.8, 4) is 5.75 Å². The van der Waals surface area contributed by atoms with E-state index in [1.807, 2.05) is 6.07 Å².